The predicted molar refractivity (Wildman–Crippen MR) is 99.9 cm³/mol. The maximum absolute atomic E-state index is 12.9. The van der Waals surface area contributed by atoms with Gasteiger partial charge < -0.3 is 4.90 Å². The molecular weight excluding hydrogens is 354 g/mol. The van der Waals surface area contributed by atoms with Crippen molar-refractivity contribution in [3.8, 4) is 11.4 Å². The lowest BCUT2D eigenvalue weighted by atomic mass is 10.2. The third kappa shape index (κ3) is 3.45. The molecule has 0 N–H and O–H groups in total. The van der Waals surface area contributed by atoms with Gasteiger partial charge in [-0.25, -0.2) is 0 Å². The largest absolute Gasteiger partial charge is 0.310 e. The Balaban J connectivity index is 1.55. The van der Waals surface area contributed by atoms with Gasteiger partial charge in [-0.05, 0) is 35.2 Å². The highest BCUT2D eigenvalue weighted by atomic mass is 32.2. The van der Waals surface area contributed by atoms with E-state index in [0.717, 1.165) is 22.6 Å². The Hall–Kier alpha value is -2.19. The van der Waals surface area contributed by atoms with Gasteiger partial charge in [-0.3, -0.25) is 4.79 Å². The summed E-state index contributed by atoms with van der Waals surface area (Å²) in [5.41, 5.74) is 1.90. The number of hydrogen-bond donors (Lipinski definition) is 0. The zero-order valence-electron chi connectivity index (χ0n) is 13.7. The molecule has 8 heteroatoms. The molecule has 0 saturated heterocycles. The summed E-state index contributed by atoms with van der Waals surface area (Å²) in [6.07, 6.45) is 0.954. The topological polar surface area (TPSA) is 63.9 Å². The SMILES string of the molecule is CC1CCN(C(=O)Cn2nnc(-c3ccsc3)n2)c2ccccc2S1. The lowest BCUT2D eigenvalue weighted by Gasteiger charge is -2.22. The van der Waals surface area contributed by atoms with Gasteiger partial charge in [0.15, 0.2) is 0 Å². The smallest absolute Gasteiger partial charge is 0.250 e. The second-order valence-corrected chi connectivity index (χ2v) is 8.15. The molecule has 0 bridgehead atoms. The molecule has 1 aliphatic heterocycles. The molecule has 0 radical (unpaired) electrons. The number of thiophene rings is 1. The first-order chi connectivity index (χ1) is 12.2. The highest BCUT2D eigenvalue weighted by Gasteiger charge is 2.24. The van der Waals surface area contributed by atoms with Crippen LogP contribution in [0.3, 0.4) is 0 Å². The molecule has 1 atom stereocenters. The van der Waals surface area contributed by atoms with Crippen LogP contribution in [0.4, 0.5) is 5.69 Å². The van der Waals surface area contributed by atoms with Crippen molar-refractivity contribution in [1.82, 2.24) is 20.2 Å². The van der Waals surface area contributed by atoms with Crippen molar-refractivity contribution in [3.05, 3.63) is 41.1 Å². The highest BCUT2D eigenvalue weighted by molar-refractivity contribution is 8.00. The van der Waals surface area contributed by atoms with Crippen LogP contribution in [0.1, 0.15) is 13.3 Å². The minimum absolute atomic E-state index is 0.0172. The summed E-state index contributed by atoms with van der Waals surface area (Å²) in [5.74, 6) is 0.533. The Morgan fingerprint density at radius 1 is 1.32 bits per heavy atom. The fourth-order valence-electron chi connectivity index (χ4n) is 2.77. The third-order valence-corrected chi connectivity index (χ3v) is 5.97. The Bertz CT molecular complexity index is 877. The van der Waals surface area contributed by atoms with E-state index in [1.54, 1.807) is 11.3 Å². The zero-order chi connectivity index (χ0) is 17.2. The van der Waals surface area contributed by atoms with Crippen LogP contribution in [0, 0.1) is 0 Å². The molecule has 1 unspecified atom stereocenters. The molecule has 3 aromatic rings. The molecular formula is C17H17N5OS2. The number of nitrogens with zero attached hydrogens (tertiary/aromatic N) is 5. The summed E-state index contributed by atoms with van der Waals surface area (Å²) in [4.78, 5) is 17.2. The van der Waals surface area contributed by atoms with Crippen LogP contribution in [-0.4, -0.2) is 37.9 Å². The van der Waals surface area contributed by atoms with E-state index in [-0.39, 0.29) is 12.5 Å². The number of tetrazole rings is 1. The first-order valence-electron chi connectivity index (χ1n) is 8.07. The summed E-state index contributed by atoms with van der Waals surface area (Å²) >= 11 is 3.40. The molecule has 1 aromatic carbocycles. The van der Waals surface area contributed by atoms with Crippen molar-refractivity contribution < 1.29 is 4.79 Å². The molecule has 1 aliphatic rings. The first-order valence-corrected chi connectivity index (χ1v) is 9.89. The summed E-state index contributed by atoms with van der Waals surface area (Å²) in [6.45, 7) is 2.99. The average Bonchev–Trinajstić information content (AvgIpc) is 3.25. The number of benzene rings is 1. The molecule has 0 aliphatic carbocycles. The second kappa shape index (κ2) is 6.97. The quantitative estimate of drug-likeness (QED) is 0.707. The van der Waals surface area contributed by atoms with Crippen molar-refractivity contribution in [2.75, 3.05) is 11.4 Å². The first kappa shape index (κ1) is 16.3. The van der Waals surface area contributed by atoms with E-state index in [1.807, 2.05) is 51.7 Å². The van der Waals surface area contributed by atoms with Crippen LogP contribution >= 0.6 is 23.1 Å². The summed E-state index contributed by atoms with van der Waals surface area (Å²) in [7, 11) is 0. The molecule has 128 valence electrons. The Morgan fingerprint density at radius 2 is 2.20 bits per heavy atom. The number of fused-ring (bicyclic) bond motifs is 1. The standard InChI is InChI=1S/C17H17N5OS2/c1-12-6-8-21(14-4-2-3-5-15(14)25-12)16(23)10-22-19-17(18-20-22)13-7-9-24-11-13/h2-5,7,9,11-12H,6,8,10H2,1H3. The lowest BCUT2D eigenvalue weighted by Crippen LogP contribution is -2.35. The van der Waals surface area contributed by atoms with Crippen LogP contribution in [0.2, 0.25) is 0 Å². The van der Waals surface area contributed by atoms with Gasteiger partial charge in [-0.15, -0.1) is 22.0 Å². The fourth-order valence-corrected chi connectivity index (χ4v) is 4.52. The number of hydrogen-bond acceptors (Lipinski definition) is 6. The van der Waals surface area contributed by atoms with E-state index in [4.69, 9.17) is 0 Å². The minimum Gasteiger partial charge on any atom is -0.310 e. The highest BCUT2D eigenvalue weighted by Crippen LogP contribution is 2.37. The van der Waals surface area contributed by atoms with Gasteiger partial charge in [0.1, 0.15) is 6.54 Å². The molecule has 6 nitrogen and oxygen atoms in total. The number of aromatic nitrogens is 4. The molecule has 1 amide bonds. The van der Waals surface area contributed by atoms with E-state index >= 15 is 0 Å². The minimum atomic E-state index is -0.0172. The molecule has 0 fully saturated rings. The van der Waals surface area contributed by atoms with Crippen LogP contribution in [0.15, 0.2) is 46.0 Å². The van der Waals surface area contributed by atoms with Gasteiger partial charge >= 0.3 is 0 Å². The number of para-hydroxylation sites is 1. The van der Waals surface area contributed by atoms with Gasteiger partial charge in [0, 0.05) is 27.6 Å². The van der Waals surface area contributed by atoms with Crippen molar-refractivity contribution in [2.24, 2.45) is 0 Å². The van der Waals surface area contributed by atoms with E-state index in [2.05, 4.69) is 28.4 Å². The maximum atomic E-state index is 12.9. The van der Waals surface area contributed by atoms with E-state index in [0.29, 0.717) is 17.6 Å². The summed E-state index contributed by atoms with van der Waals surface area (Å²) in [5, 5.41) is 16.8. The number of carbonyl (C=O) groups excluding carboxylic acids is 1. The van der Waals surface area contributed by atoms with Crippen LogP contribution in [0.5, 0.6) is 0 Å². The van der Waals surface area contributed by atoms with Crippen LogP contribution in [0.25, 0.3) is 11.4 Å². The normalized spacial score (nSPS) is 17.2. The summed E-state index contributed by atoms with van der Waals surface area (Å²) < 4.78 is 0. The maximum Gasteiger partial charge on any atom is 0.250 e. The zero-order valence-corrected chi connectivity index (χ0v) is 15.3. The lowest BCUT2D eigenvalue weighted by molar-refractivity contribution is -0.119. The fraction of sp³-hybridized carbons (Fsp3) is 0.294. The number of carbonyl (C=O) groups is 1. The van der Waals surface area contributed by atoms with Gasteiger partial charge in [0.05, 0.1) is 5.69 Å². The predicted octanol–water partition coefficient (Wildman–Crippen LogP) is 3.32. The number of thioether (sulfide) groups is 1. The monoisotopic (exact) mass is 371 g/mol. The van der Waals surface area contributed by atoms with Gasteiger partial charge in [0.2, 0.25) is 5.82 Å². The van der Waals surface area contributed by atoms with Crippen LogP contribution < -0.4 is 4.90 Å². The molecule has 2 aromatic heterocycles. The summed E-state index contributed by atoms with van der Waals surface area (Å²) in [6, 6.07) is 10.0. The molecule has 0 saturated carbocycles. The van der Waals surface area contributed by atoms with Crippen molar-refractivity contribution >= 4 is 34.7 Å². The Labute approximate surface area is 153 Å². The number of rotatable bonds is 3. The second-order valence-electron chi connectivity index (χ2n) is 5.89. The van der Waals surface area contributed by atoms with E-state index in [1.165, 1.54) is 4.80 Å². The van der Waals surface area contributed by atoms with Gasteiger partial charge in [0.25, 0.3) is 5.91 Å². The van der Waals surface area contributed by atoms with E-state index < -0.39 is 0 Å². The molecule has 0 spiro atoms. The van der Waals surface area contributed by atoms with Crippen molar-refractivity contribution in [3.63, 3.8) is 0 Å². The van der Waals surface area contributed by atoms with Gasteiger partial charge in [-0.2, -0.15) is 16.1 Å². The number of amides is 1. The molecule has 3 heterocycles. The van der Waals surface area contributed by atoms with Crippen molar-refractivity contribution in [2.45, 2.75) is 30.0 Å². The molecule has 4 rings (SSSR count). The van der Waals surface area contributed by atoms with Gasteiger partial charge in [-0.1, -0.05) is 19.1 Å². The van der Waals surface area contributed by atoms with E-state index in [9.17, 15) is 4.79 Å². The Kier molecular flexibility index (Phi) is 4.54. The molecule has 25 heavy (non-hydrogen) atoms. The average molecular weight is 371 g/mol. The van der Waals surface area contributed by atoms with Crippen LogP contribution in [-0.2, 0) is 11.3 Å². The number of anilines is 1. The Morgan fingerprint density at radius 3 is 3.04 bits per heavy atom. The third-order valence-electron chi connectivity index (χ3n) is 4.05. The van der Waals surface area contributed by atoms with Crippen molar-refractivity contribution in [1.29, 1.82) is 0 Å².